The zero-order chi connectivity index (χ0) is 24.8. The Morgan fingerprint density at radius 2 is 1.32 bits per heavy atom. The highest BCUT2D eigenvalue weighted by Crippen LogP contribution is 2.10. The van der Waals surface area contributed by atoms with Crippen molar-refractivity contribution in [2.24, 2.45) is 5.73 Å². The molecule has 0 unspecified atom stereocenters. The van der Waals surface area contributed by atoms with Crippen LogP contribution in [0.5, 0.6) is 0 Å². The van der Waals surface area contributed by atoms with Gasteiger partial charge in [0.05, 0.1) is 32.7 Å². The molecule has 2 heterocycles. The van der Waals surface area contributed by atoms with Crippen molar-refractivity contribution in [3.05, 3.63) is 0 Å². The molecular formula is C24H43N5O5. The largest absolute Gasteiger partial charge is 0.463 e. The molecule has 0 atom stereocenters. The summed E-state index contributed by atoms with van der Waals surface area (Å²) in [5.41, 5.74) is 5.33. The summed E-state index contributed by atoms with van der Waals surface area (Å²) in [6, 6.07) is 0. The number of unbranched alkanes of at least 4 members (excludes halogenated alkanes) is 1. The minimum Gasteiger partial charge on any atom is -0.463 e. The van der Waals surface area contributed by atoms with Crippen molar-refractivity contribution in [2.45, 2.75) is 58.3 Å². The van der Waals surface area contributed by atoms with Gasteiger partial charge in [0.2, 0.25) is 17.7 Å². The second-order valence-corrected chi connectivity index (χ2v) is 9.34. The minimum absolute atomic E-state index is 0.0382. The van der Waals surface area contributed by atoms with Crippen LogP contribution in [0.3, 0.4) is 0 Å². The van der Waals surface area contributed by atoms with Crippen molar-refractivity contribution >= 4 is 23.7 Å². The normalized spacial score (nSPS) is 17.2. The van der Waals surface area contributed by atoms with E-state index < -0.39 is 5.91 Å². The van der Waals surface area contributed by atoms with Gasteiger partial charge in [-0.25, -0.2) is 0 Å². The van der Waals surface area contributed by atoms with E-state index in [1.165, 1.54) is 22.6 Å². The zero-order valence-electron chi connectivity index (χ0n) is 20.8. The van der Waals surface area contributed by atoms with Crippen molar-refractivity contribution in [1.82, 2.24) is 19.6 Å². The van der Waals surface area contributed by atoms with Gasteiger partial charge in [0.1, 0.15) is 6.61 Å². The summed E-state index contributed by atoms with van der Waals surface area (Å²) in [5.74, 6) is -1.38. The number of likely N-dealkylation sites (tertiary alicyclic amines) is 2. The molecule has 0 aromatic rings. The average Bonchev–Trinajstić information content (AvgIpc) is 2.82. The highest BCUT2D eigenvalue weighted by Gasteiger charge is 2.25. The van der Waals surface area contributed by atoms with E-state index in [2.05, 4.69) is 9.80 Å². The number of nitrogens with two attached hydrogens (primary N) is 1. The maximum absolute atomic E-state index is 13.1. The average molecular weight is 482 g/mol. The molecule has 0 aromatic heterocycles. The Bertz CT molecular complexity index is 662. The van der Waals surface area contributed by atoms with E-state index in [0.29, 0.717) is 6.54 Å². The number of amides is 3. The maximum atomic E-state index is 13.1. The van der Waals surface area contributed by atoms with Crippen molar-refractivity contribution in [3.63, 3.8) is 0 Å². The highest BCUT2D eigenvalue weighted by atomic mass is 16.5. The van der Waals surface area contributed by atoms with Crippen LogP contribution >= 0.6 is 0 Å². The highest BCUT2D eigenvalue weighted by molar-refractivity contribution is 5.88. The van der Waals surface area contributed by atoms with Crippen LogP contribution in [0.25, 0.3) is 0 Å². The summed E-state index contributed by atoms with van der Waals surface area (Å²) in [6.07, 6.45) is 8.27. The van der Waals surface area contributed by atoms with E-state index in [-0.39, 0.29) is 57.1 Å². The lowest BCUT2D eigenvalue weighted by Crippen LogP contribution is -2.49. The minimum atomic E-state index is -0.581. The summed E-state index contributed by atoms with van der Waals surface area (Å²) in [7, 11) is 0. The predicted octanol–water partition coefficient (Wildman–Crippen LogP) is 0.444. The molecule has 2 aliphatic heterocycles. The summed E-state index contributed by atoms with van der Waals surface area (Å²) in [5, 5.41) is 0. The molecule has 2 fully saturated rings. The van der Waals surface area contributed by atoms with Crippen LogP contribution in [0.1, 0.15) is 58.3 Å². The molecule has 3 amide bonds. The lowest BCUT2D eigenvalue weighted by molar-refractivity contribution is -0.148. The molecule has 10 nitrogen and oxygen atoms in total. The van der Waals surface area contributed by atoms with Gasteiger partial charge in [-0.2, -0.15) is 0 Å². The monoisotopic (exact) mass is 481 g/mol. The molecule has 2 rings (SSSR count). The van der Waals surface area contributed by atoms with Crippen LogP contribution < -0.4 is 5.73 Å². The fraction of sp³-hybridized carbons (Fsp3) is 0.833. The first-order valence-corrected chi connectivity index (χ1v) is 12.8. The number of primary amides is 1. The number of ether oxygens (including phenoxy) is 1. The number of rotatable bonds is 14. The maximum Gasteiger partial charge on any atom is 0.320 e. The van der Waals surface area contributed by atoms with E-state index in [9.17, 15) is 19.2 Å². The molecule has 0 spiro atoms. The number of piperidine rings is 2. The van der Waals surface area contributed by atoms with Gasteiger partial charge in [0.25, 0.3) is 0 Å². The molecule has 10 heteroatoms. The molecule has 2 aliphatic rings. The van der Waals surface area contributed by atoms with Crippen LogP contribution in [-0.2, 0) is 23.9 Å². The quantitative estimate of drug-likeness (QED) is 0.358. The van der Waals surface area contributed by atoms with Crippen LogP contribution in [0.4, 0.5) is 0 Å². The van der Waals surface area contributed by atoms with Gasteiger partial charge in [-0.15, -0.1) is 0 Å². The number of nitrogens with zero attached hydrogens (tertiary/aromatic N) is 4. The summed E-state index contributed by atoms with van der Waals surface area (Å²) < 4.78 is 5.40. The van der Waals surface area contributed by atoms with Crippen LogP contribution in [0.15, 0.2) is 0 Å². The lowest BCUT2D eigenvalue weighted by atomic mass is 10.1. The number of carbonyl (C=O) groups excluding carboxylic acids is 4. The second-order valence-electron chi connectivity index (χ2n) is 9.34. The van der Waals surface area contributed by atoms with Gasteiger partial charge in [0, 0.05) is 6.54 Å². The Morgan fingerprint density at radius 1 is 0.765 bits per heavy atom. The summed E-state index contributed by atoms with van der Waals surface area (Å²) >= 11 is 0. The third kappa shape index (κ3) is 10.8. The molecule has 0 radical (unpaired) electrons. The molecule has 2 saturated heterocycles. The van der Waals surface area contributed by atoms with E-state index in [4.69, 9.17) is 10.5 Å². The van der Waals surface area contributed by atoms with Gasteiger partial charge >= 0.3 is 5.97 Å². The van der Waals surface area contributed by atoms with Gasteiger partial charge in [-0.3, -0.25) is 29.0 Å². The first-order valence-electron chi connectivity index (χ1n) is 12.8. The summed E-state index contributed by atoms with van der Waals surface area (Å²) in [6.45, 7) is 6.28. The lowest BCUT2D eigenvalue weighted by Gasteiger charge is -2.31. The Balaban J connectivity index is 1.93. The van der Waals surface area contributed by atoms with Gasteiger partial charge in [-0.1, -0.05) is 26.2 Å². The number of esters is 1. The second kappa shape index (κ2) is 15.7. The smallest absolute Gasteiger partial charge is 0.320 e. The molecule has 0 aromatic carbocycles. The first kappa shape index (κ1) is 28.0. The van der Waals surface area contributed by atoms with Gasteiger partial charge in [-0.05, 0) is 58.3 Å². The Kier molecular flexibility index (Phi) is 12.9. The zero-order valence-corrected chi connectivity index (χ0v) is 20.8. The fourth-order valence-electron chi connectivity index (χ4n) is 4.41. The number of hydrogen-bond acceptors (Lipinski definition) is 7. The molecule has 2 N–H and O–H groups in total. The Hall–Kier alpha value is -2.20. The van der Waals surface area contributed by atoms with Crippen LogP contribution in [0, 0.1) is 0 Å². The molecule has 0 aliphatic carbocycles. The third-order valence-electron chi connectivity index (χ3n) is 6.39. The molecule has 0 bridgehead atoms. The van der Waals surface area contributed by atoms with E-state index in [0.717, 1.165) is 64.7 Å². The van der Waals surface area contributed by atoms with Crippen LogP contribution in [-0.4, -0.2) is 115 Å². The standard InChI is InChI=1S/C24H43N5O5/c1-2-3-14-28(17-21(25)30)23(32)19-29(22(31)18-26-10-6-4-7-11-26)15-16-34-24(33)20-27-12-8-5-9-13-27/h2-20H2,1H3,(H2,25,30). The predicted molar refractivity (Wildman–Crippen MR) is 129 cm³/mol. The summed E-state index contributed by atoms with van der Waals surface area (Å²) in [4.78, 5) is 56.8. The molecular weight excluding hydrogens is 438 g/mol. The van der Waals surface area contributed by atoms with E-state index in [1.54, 1.807) is 0 Å². The topological polar surface area (TPSA) is 116 Å². The Morgan fingerprint density at radius 3 is 1.88 bits per heavy atom. The fourth-order valence-corrected chi connectivity index (χ4v) is 4.41. The number of hydrogen-bond donors (Lipinski definition) is 1. The van der Waals surface area contributed by atoms with Crippen molar-refractivity contribution < 1.29 is 23.9 Å². The Labute approximate surface area is 203 Å². The van der Waals surface area contributed by atoms with Gasteiger partial charge in [0.15, 0.2) is 0 Å². The van der Waals surface area contributed by atoms with E-state index >= 15 is 0 Å². The van der Waals surface area contributed by atoms with Crippen molar-refractivity contribution in [1.29, 1.82) is 0 Å². The SMILES string of the molecule is CCCCN(CC(N)=O)C(=O)CN(CCOC(=O)CN1CCCCC1)C(=O)CN1CCCCC1. The number of carbonyl (C=O) groups is 4. The van der Waals surface area contributed by atoms with Crippen LogP contribution in [0.2, 0.25) is 0 Å². The first-order chi connectivity index (χ1) is 16.4. The third-order valence-corrected chi connectivity index (χ3v) is 6.39. The van der Waals surface area contributed by atoms with Gasteiger partial charge < -0.3 is 20.3 Å². The van der Waals surface area contributed by atoms with Crippen molar-refractivity contribution in [3.8, 4) is 0 Å². The molecule has 0 saturated carbocycles. The molecule has 34 heavy (non-hydrogen) atoms. The van der Waals surface area contributed by atoms with Crippen molar-refractivity contribution in [2.75, 3.05) is 72.1 Å². The molecule has 194 valence electrons. The van der Waals surface area contributed by atoms with E-state index in [1.807, 2.05) is 6.92 Å².